The number of fused-ring (bicyclic) bond motifs is 2. The van der Waals surface area contributed by atoms with Gasteiger partial charge in [-0.1, -0.05) is 31.2 Å². The van der Waals surface area contributed by atoms with E-state index in [1.165, 1.54) is 17.5 Å². The van der Waals surface area contributed by atoms with Gasteiger partial charge in [0.15, 0.2) is 0 Å². The molecule has 1 heterocycles. The smallest absolute Gasteiger partial charge is 0.226 e. The minimum absolute atomic E-state index is 0.186. The zero-order chi connectivity index (χ0) is 15.2. The molecule has 1 saturated carbocycles. The molecule has 3 unspecified atom stereocenters. The second-order valence-electron chi connectivity index (χ2n) is 7.25. The first-order chi connectivity index (χ1) is 10.8. The van der Waals surface area contributed by atoms with Gasteiger partial charge in [0.1, 0.15) is 0 Å². The monoisotopic (exact) mass is 298 g/mol. The molecule has 1 aromatic rings. The van der Waals surface area contributed by atoms with Gasteiger partial charge in [0, 0.05) is 30.5 Å². The fraction of sp³-hybridized carbons (Fsp3) is 0.632. The molecule has 118 valence electrons. The van der Waals surface area contributed by atoms with Crippen molar-refractivity contribution in [3.63, 3.8) is 0 Å². The molecule has 0 radical (unpaired) electrons. The highest BCUT2D eigenvalue weighted by atomic mass is 16.2. The van der Waals surface area contributed by atoms with Crippen molar-refractivity contribution in [1.29, 1.82) is 0 Å². The summed E-state index contributed by atoms with van der Waals surface area (Å²) in [7, 11) is 0. The third-order valence-electron chi connectivity index (χ3n) is 5.99. The topological polar surface area (TPSA) is 32.3 Å². The fourth-order valence-electron chi connectivity index (χ4n) is 4.74. The standard InChI is InChI=1S/C19H26N2O/c1-2-11-21(15-8-10-20-13-15)18(22)17-12-19(17)9-7-14-5-3-4-6-16(14)19/h3-6,15,17,20H,2,7-13H2,1H3. The molecule has 1 N–H and O–H groups in total. The molecule has 3 aliphatic rings. The van der Waals surface area contributed by atoms with Gasteiger partial charge < -0.3 is 10.2 Å². The Balaban J connectivity index is 1.54. The van der Waals surface area contributed by atoms with Crippen molar-refractivity contribution in [2.75, 3.05) is 19.6 Å². The predicted molar refractivity (Wildman–Crippen MR) is 87.8 cm³/mol. The van der Waals surface area contributed by atoms with Crippen LogP contribution in [0.4, 0.5) is 0 Å². The van der Waals surface area contributed by atoms with Crippen LogP contribution in [0, 0.1) is 5.92 Å². The van der Waals surface area contributed by atoms with Crippen molar-refractivity contribution in [2.45, 2.75) is 50.5 Å². The highest BCUT2D eigenvalue weighted by Gasteiger charge is 2.62. The number of hydrogen-bond donors (Lipinski definition) is 1. The van der Waals surface area contributed by atoms with Crippen molar-refractivity contribution in [3.05, 3.63) is 35.4 Å². The van der Waals surface area contributed by atoms with Gasteiger partial charge in [-0.05, 0) is 49.8 Å². The van der Waals surface area contributed by atoms with E-state index < -0.39 is 0 Å². The van der Waals surface area contributed by atoms with Crippen molar-refractivity contribution in [2.24, 2.45) is 5.92 Å². The van der Waals surface area contributed by atoms with Crippen LogP contribution in [0.5, 0.6) is 0 Å². The van der Waals surface area contributed by atoms with Crippen molar-refractivity contribution >= 4 is 5.91 Å². The van der Waals surface area contributed by atoms with Gasteiger partial charge in [0.05, 0.1) is 0 Å². The molecule has 3 atom stereocenters. The van der Waals surface area contributed by atoms with Crippen LogP contribution in [-0.2, 0) is 16.6 Å². The first kappa shape index (κ1) is 14.3. The Hall–Kier alpha value is -1.35. The van der Waals surface area contributed by atoms with Gasteiger partial charge in [-0.25, -0.2) is 0 Å². The molecule has 2 fully saturated rings. The lowest BCUT2D eigenvalue weighted by Gasteiger charge is -2.29. The van der Waals surface area contributed by atoms with Crippen LogP contribution < -0.4 is 5.32 Å². The lowest BCUT2D eigenvalue weighted by atomic mass is 9.94. The van der Waals surface area contributed by atoms with E-state index in [-0.39, 0.29) is 11.3 Å². The summed E-state index contributed by atoms with van der Waals surface area (Å²) in [5.41, 5.74) is 3.13. The maximum Gasteiger partial charge on any atom is 0.226 e. The van der Waals surface area contributed by atoms with E-state index in [4.69, 9.17) is 0 Å². The zero-order valence-electron chi connectivity index (χ0n) is 13.5. The number of rotatable bonds is 4. The molecular formula is C19H26N2O. The summed E-state index contributed by atoms with van der Waals surface area (Å²) in [6.45, 7) is 5.12. The van der Waals surface area contributed by atoms with Crippen LogP contribution >= 0.6 is 0 Å². The van der Waals surface area contributed by atoms with Crippen LogP contribution in [0.15, 0.2) is 24.3 Å². The second kappa shape index (κ2) is 5.38. The Kier molecular flexibility index (Phi) is 3.48. The summed E-state index contributed by atoms with van der Waals surface area (Å²) in [5.74, 6) is 0.663. The van der Waals surface area contributed by atoms with E-state index in [2.05, 4.69) is 41.4 Å². The van der Waals surface area contributed by atoms with Crippen molar-refractivity contribution in [1.82, 2.24) is 10.2 Å². The van der Waals surface area contributed by atoms with Gasteiger partial charge in [-0.3, -0.25) is 4.79 Å². The van der Waals surface area contributed by atoms with Gasteiger partial charge in [-0.2, -0.15) is 0 Å². The Bertz CT molecular complexity index is 579. The normalized spacial score (nSPS) is 32.2. The van der Waals surface area contributed by atoms with E-state index in [1.54, 1.807) is 0 Å². The number of amides is 1. The second-order valence-corrected chi connectivity index (χ2v) is 7.25. The number of nitrogens with zero attached hydrogens (tertiary/aromatic N) is 1. The number of aryl methyl sites for hydroxylation is 1. The van der Waals surface area contributed by atoms with Crippen LogP contribution in [-0.4, -0.2) is 36.5 Å². The lowest BCUT2D eigenvalue weighted by Crippen LogP contribution is -2.43. The number of hydrogen-bond acceptors (Lipinski definition) is 2. The average molecular weight is 298 g/mol. The van der Waals surface area contributed by atoms with E-state index in [0.29, 0.717) is 11.9 Å². The molecule has 22 heavy (non-hydrogen) atoms. The third-order valence-corrected chi connectivity index (χ3v) is 5.99. The third kappa shape index (κ3) is 2.10. The van der Waals surface area contributed by atoms with Gasteiger partial charge in [0.25, 0.3) is 0 Å². The Labute approximate surface area is 133 Å². The SMILES string of the molecule is CCCN(C(=O)C1CC12CCc1ccccc12)C1CCNC1. The molecule has 3 nitrogen and oxygen atoms in total. The van der Waals surface area contributed by atoms with Crippen LogP contribution in [0.25, 0.3) is 0 Å². The van der Waals surface area contributed by atoms with Gasteiger partial charge in [-0.15, -0.1) is 0 Å². The highest BCUT2D eigenvalue weighted by Crippen LogP contribution is 2.62. The quantitative estimate of drug-likeness (QED) is 0.926. The highest BCUT2D eigenvalue weighted by molar-refractivity contribution is 5.85. The zero-order valence-corrected chi connectivity index (χ0v) is 13.5. The number of benzene rings is 1. The molecule has 1 saturated heterocycles. The molecule has 1 aromatic carbocycles. The molecule has 1 aliphatic heterocycles. The maximum atomic E-state index is 13.2. The average Bonchev–Trinajstić information content (AvgIpc) is 2.87. The molecule has 4 rings (SSSR count). The van der Waals surface area contributed by atoms with Crippen molar-refractivity contribution in [3.8, 4) is 0 Å². The van der Waals surface area contributed by atoms with E-state index >= 15 is 0 Å². The summed E-state index contributed by atoms with van der Waals surface area (Å²) < 4.78 is 0. The summed E-state index contributed by atoms with van der Waals surface area (Å²) in [4.78, 5) is 15.3. The predicted octanol–water partition coefficient (Wildman–Crippen LogP) is 2.49. The minimum atomic E-state index is 0.186. The van der Waals surface area contributed by atoms with Gasteiger partial charge >= 0.3 is 0 Å². The van der Waals surface area contributed by atoms with Crippen LogP contribution in [0.3, 0.4) is 0 Å². The molecule has 1 amide bonds. The summed E-state index contributed by atoms with van der Waals surface area (Å²) >= 11 is 0. The molecule has 3 heteroatoms. The van der Waals surface area contributed by atoms with Crippen LogP contribution in [0.1, 0.15) is 43.7 Å². The lowest BCUT2D eigenvalue weighted by molar-refractivity contribution is -0.135. The summed E-state index contributed by atoms with van der Waals surface area (Å²) in [6, 6.07) is 9.19. The first-order valence-electron chi connectivity index (χ1n) is 8.86. The van der Waals surface area contributed by atoms with Gasteiger partial charge in [0.2, 0.25) is 5.91 Å². The van der Waals surface area contributed by atoms with E-state index in [9.17, 15) is 4.79 Å². The number of carbonyl (C=O) groups excluding carboxylic acids is 1. The fourth-order valence-corrected chi connectivity index (χ4v) is 4.74. The van der Waals surface area contributed by atoms with Crippen molar-refractivity contribution < 1.29 is 4.79 Å². The van der Waals surface area contributed by atoms with Crippen LogP contribution in [0.2, 0.25) is 0 Å². The Morgan fingerprint density at radius 3 is 3.05 bits per heavy atom. The molecule has 0 bridgehead atoms. The number of carbonyl (C=O) groups is 1. The first-order valence-corrected chi connectivity index (χ1v) is 8.86. The molecule has 2 aliphatic carbocycles. The van der Waals surface area contributed by atoms with E-state index in [1.807, 2.05) is 0 Å². The summed E-state index contributed by atoms with van der Waals surface area (Å²) in [5, 5.41) is 3.41. The largest absolute Gasteiger partial charge is 0.338 e. The maximum absolute atomic E-state index is 13.2. The number of nitrogens with one attached hydrogen (secondary N) is 1. The molecule has 0 aromatic heterocycles. The summed E-state index contributed by atoms with van der Waals surface area (Å²) in [6.07, 6.45) is 5.56. The molecular weight excluding hydrogens is 272 g/mol. The van der Waals surface area contributed by atoms with E-state index in [0.717, 1.165) is 45.3 Å². The Morgan fingerprint density at radius 2 is 2.27 bits per heavy atom. The minimum Gasteiger partial charge on any atom is -0.338 e. The Morgan fingerprint density at radius 1 is 1.41 bits per heavy atom. The molecule has 1 spiro atoms.